The summed E-state index contributed by atoms with van der Waals surface area (Å²) in [7, 11) is 0. The van der Waals surface area contributed by atoms with Crippen LogP contribution in [0.15, 0.2) is 22.8 Å². The Labute approximate surface area is 151 Å². The third kappa shape index (κ3) is 4.07. The van der Waals surface area contributed by atoms with Gasteiger partial charge in [-0.15, -0.1) is 36.2 Å². The molecule has 23 heavy (non-hydrogen) atoms. The number of furan rings is 1. The molecule has 1 saturated carbocycles. The SMILES string of the molecule is Cc1sc(-c2ccco2)nc1C(=O)NC1(CN)CCCC1.Cl.Cl. The summed E-state index contributed by atoms with van der Waals surface area (Å²) in [6.07, 6.45) is 5.73. The molecule has 0 aromatic carbocycles. The highest BCUT2D eigenvalue weighted by molar-refractivity contribution is 7.15. The molecular weight excluding hydrogens is 357 g/mol. The maximum atomic E-state index is 12.5. The number of thiazole rings is 1. The van der Waals surface area contributed by atoms with Crippen molar-refractivity contribution in [2.45, 2.75) is 38.1 Å². The van der Waals surface area contributed by atoms with E-state index in [1.807, 2.05) is 19.1 Å². The maximum absolute atomic E-state index is 12.5. The number of aryl methyl sites for hydroxylation is 1. The lowest BCUT2D eigenvalue weighted by Gasteiger charge is -2.28. The minimum Gasteiger partial charge on any atom is -0.462 e. The average Bonchev–Trinajstić information content (AvgIpc) is 3.18. The molecule has 5 nitrogen and oxygen atoms in total. The molecule has 2 heterocycles. The van der Waals surface area contributed by atoms with Gasteiger partial charge < -0.3 is 15.5 Å². The molecule has 2 aromatic rings. The Hall–Kier alpha value is -1.08. The van der Waals surface area contributed by atoms with Crippen LogP contribution < -0.4 is 11.1 Å². The molecule has 0 spiro atoms. The van der Waals surface area contributed by atoms with Gasteiger partial charge in [0, 0.05) is 11.4 Å². The fraction of sp³-hybridized carbons (Fsp3) is 0.467. The zero-order valence-electron chi connectivity index (χ0n) is 12.8. The lowest BCUT2D eigenvalue weighted by atomic mass is 9.97. The van der Waals surface area contributed by atoms with Crippen molar-refractivity contribution in [1.29, 1.82) is 0 Å². The monoisotopic (exact) mass is 377 g/mol. The largest absolute Gasteiger partial charge is 0.462 e. The fourth-order valence-electron chi connectivity index (χ4n) is 2.84. The molecule has 2 aromatic heterocycles. The van der Waals surface area contributed by atoms with Gasteiger partial charge in [0.25, 0.3) is 5.91 Å². The Balaban J connectivity index is 0.00000132. The number of carbonyl (C=O) groups is 1. The number of nitrogens with two attached hydrogens (primary N) is 1. The number of carbonyl (C=O) groups excluding carboxylic acids is 1. The minimum absolute atomic E-state index is 0. The third-order valence-corrected chi connectivity index (χ3v) is 5.06. The first-order valence-corrected chi connectivity index (χ1v) is 7.99. The normalized spacial score (nSPS) is 15.6. The van der Waals surface area contributed by atoms with Gasteiger partial charge in [-0.2, -0.15) is 0 Å². The number of hydrogen-bond donors (Lipinski definition) is 2. The van der Waals surface area contributed by atoms with Crippen LogP contribution in [0.5, 0.6) is 0 Å². The highest BCUT2D eigenvalue weighted by Crippen LogP contribution is 2.31. The fourth-order valence-corrected chi connectivity index (χ4v) is 3.72. The van der Waals surface area contributed by atoms with Crippen LogP contribution in [0, 0.1) is 6.92 Å². The standard InChI is InChI=1S/C15H19N3O2S.2ClH/c1-10-12(17-14(21-10)11-5-4-8-20-11)13(19)18-15(9-16)6-2-3-7-15;;/h4-5,8H,2-3,6-7,9,16H2,1H3,(H,18,19);2*1H. The van der Waals surface area contributed by atoms with E-state index >= 15 is 0 Å². The van der Waals surface area contributed by atoms with E-state index in [1.165, 1.54) is 11.3 Å². The van der Waals surface area contributed by atoms with Crippen molar-refractivity contribution in [1.82, 2.24) is 10.3 Å². The number of aromatic nitrogens is 1. The Kier molecular flexibility index (Phi) is 7.07. The van der Waals surface area contributed by atoms with E-state index in [2.05, 4.69) is 10.3 Å². The number of halogens is 2. The predicted molar refractivity (Wildman–Crippen MR) is 96.8 cm³/mol. The second kappa shape index (κ2) is 8.15. The van der Waals surface area contributed by atoms with Crippen molar-refractivity contribution < 1.29 is 9.21 Å². The zero-order valence-corrected chi connectivity index (χ0v) is 15.3. The molecule has 0 radical (unpaired) electrons. The number of rotatable bonds is 4. The van der Waals surface area contributed by atoms with Crippen molar-refractivity contribution in [3.63, 3.8) is 0 Å². The summed E-state index contributed by atoms with van der Waals surface area (Å²) in [5, 5.41) is 3.84. The highest BCUT2D eigenvalue weighted by Gasteiger charge is 2.35. The first-order valence-electron chi connectivity index (χ1n) is 7.17. The third-order valence-electron chi connectivity index (χ3n) is 4.07. The van der Waals surface area contributed by atoms with Gasteiger partial charge in [0.05, 0.1) is 11.8 Å². The molecule has 0 aliphatic heterocycles. The molecular formula is C15H21Cl2N3O2S. The predicted octanol–water partition coefficient (Wildman–Crippen LogP) is 3.56. The summed E-state index contributed by atoms with van der Waals surface area (Å²) in [6.45, 7) is 2.38. The number of nitrogens with one attached hydrogen (secondary N) is 1. The smallest absolute Gasteiger partial charge is 0.271 e. The van der Waals surface area contributed by atoms with Gasteiger partial charge in [-0.05, 0) is 31.9 Å². The summed E-state index contributed by atoms with van der Waals surface area (Å²) >= 11 is 1.47. The Morgan fingerprint density at radius 1 is 1.43 bits per heavy atom. The lowest BCUT2D eigenvalue weighted by molar-refractivity contribution is 0.0898. The van der Waals surface area contributed by atoms with E-state index < -0.39 is 0 Å². The van der Waals surface area contributed by atoms with Gasteiger partial charge in [0.2, 0.25) is 0 Å². The summed E-state index contributed by atoms with van der Waals surface area (Å²) in [4.78, 5) is 17.8. The van der Waals surface area contributed by atoms with Crippen LogP contribution in [0.3, 0.4) is 0 Å². The minimum atomic E-state index is -0.252. The first kappa shape index (κ1) is 20.0. The Morgan fingerprint density at radius 2 is 2.13 bits per heavy atom. The average molecular weight is 378 g/mol. The van der Waals surface area contributed by atoms with E-state index in [0.29, 0.717) is 18.0 Å². The molecule has 128 valence electrons. The van der Waals surface area contributed by atoms with Crippen LogP contribution in [0.2, 0.25) is 0 Å². The van der Waals surface area contributed by atoms with Crippen LogP contribution in [-0.4, -0.2) is 23.0 Å². The van der Waals surface area contributed by atoms with Crippen LogP contribution in [0.4, 0.5) is 0 Å². The molecule has 1 aliphatic carbocycles. The lowest BCUT2D eigenvalue weighted by Crippen LogP contribution is -2.51. The summed E-state index contributed by atoms with van der Waals surface area (Å²) < 4.78 is 5.34. The van der Waals surface area contributed by atoms with Crippen LogP contribution >= 0.6 is 36.2 Å². The van der Waals surface area contributed by atoms with Gasteiger partial charge in [0.15, 0.2) is 10.8 Å². The highest BCUT2D eigenvalue weighted by atomic mass is 35.5. The molecule has 1 fully saturated rings. The van der Waals surface area contributed by atoms with E-state index in [0.717, 1.165) is 35.6 Å². The molecule has 3 rings (SSSR count). The molecule has 8 heteroatoms. The summed E-state index contributed by atoms with van der Waals surface area (Å²) in [6, 6.07) is 3.66. The van der Waals surface area contributed by atoms with Gasteiger partial charge in [-0.25, -0.2) is 4.98 Å². The summed E-state index contributed by atoms with van der Waals surface area (Å²) in [5.41, 5.74) is 6.09. The van der Waals surface area contributed by atoms with Gasteiger partial charge in [-0.1, -0.05) is 12.8 Å². The molecule has 1 aliphatic rings. The van der Waals surface area contributed by atoms with E-state index in [4.69, 9.17) is 10.2 Å². The van der Waals surface area contributed by atoms with Gasteiger partial charge in [-0.3, -0.25) is 4.79 Å². The van der Waals surface area contributed by atoms with E-state index in [9.17, 15) is 4.79 Å². The maximum Gasteiger partial charge on any atom is 0.271 e. The topological polar surface area (TPSA) is 81.2 Å². The van der Waals surface area contributed by atoms with Crippen LogP contribution in [0.25, 0.3) is 10.8 Å². The molecule has 0 saturated heterocycles. The Morgan fingerprint density at radius 3 is 2.70 bits per heavy atom. The van der Waals surface area contributed by atoms with Crippen molar-refractivity contribution in [3.05, 3.63) is 29.0 Å². The number of hydrogen-bond acceptors (Lipinski definition) is 5. The molecule has 0 unspecified atom stereocenters. The second-order valence-electron chi connectivity index (χ2n) is 5.55. The Bertz CT molecular complexity index is 637. The summed E-state index contributed by atoms with van der Waals surface area (Å²) in [5.74, 6) is 0.561. The van der Waals surface area contributed by atoms with Crippen molar-refractivity contribution in [2.75, 3.05) is 6.54 Å². The quantitative estimate of drug-likeness (QED) is 0.853. The molecule has 0 atom stereocenters. The number of nitrogens with zero attached hydrogens (tertiary/aromatic N) is 1. The van der Waals surface area contributed by atoms with E-state index in [-0.39, 0.29) is 36.3 Å². The first-order chi connectivity index (χ1) is 10.1. The molecule has 0 bridgehead atoms. The van der Waals surface area contributed by atoms with Crippen molar-refractivity contribution in [2.24, 2.45) is 5.73 Å². The zero-order chi connectivity index (χ0) is 14.9. The van der Waals surface area contributed by atoms with Crippen molar-refractivity contribution in [3.8, 4) is 10.8 Å². The van der Waals surface area contributed by atoms with Crippen molar-refractivity contribution >= 4 is 42.1 Å². The number of amides is 1. The van der Waals surface area contributed by atoms with Gasteiger partial charge >= 0.3 is 0 Å². The molecule has 1 amide bonds. The van der Waals surface area contributed by atoms with Crippen LogP contribution in [0.1, 0.15) is 41.0 Å². The van der Waals surface area contributed by atoms with Crippen LogP contribution in [-0.2, 0) is 0 Å². The second-order valence-corrected chi connectivity index (χ2v) is 6.75. The van der Waals surface area contributed by atoms with Gasteiger partial charge in [0.1, 0.15) is 5.69 Å². The van der Waals surface area contributed by atoms with E-state index in [1.54, 1.807) is 6.26 Å². The molecule has 3 N–H and O–H groups in total.